The number of benzene rings is 7. The molecule has 0 saturated carbocycles. The SMILES string of the molecule is CC1(C)c2ccccc2-c2ccc(N(c3ccccc3)c3ccc(-c4ccc(N(C5=CC6C(C=C5)Cc5ccccc5C6(C)C)c5ccccc5)cc4)cc3)cc21. The van der Waals surface area contributed by atoms with Gasteiger partial charge in [-0.05, 0) is 135 Å². The lowest BCUT2D eigenvalue weighted by atomic mass is 9.60. The van der Waals surface area contributed by atoms with Crippen molar-refractivity contribution in [1.29, 1.82) is 0 Å². The highest BCUT2D eigenvalue weighted by Crippen LogP contribution is 2.51. The molecule has 0 bridgehead atoms. The minimum atomic E-state index is -0.0681. The monoisotopic (exact) mass is 736 g/mol. The van der Waals surface area contributed by atoms with Crippen molar-refractivity contribution < 1.29 is 0 Å². The summed E-state index contributed by atoms with van der Waals surface area (Å²) < 4.78 is 0. The van der Waals surface area contributed by atoms with Crippen LogP contribution in [0.15, 0.2) is 200 Å². The van der Waals surface area contributed by atoms with Crippen molar-refractivity contribution in [3.05, 3.63) is 222 Å². The smallest absolute Gasteiger partial charge is 0.0465 e. The number of allylic oxidation sites excluding steroid dienone is 3. The van der Waals surface area contributed by atoms with Crippen LogP contribution in [0.5, 0.6) is 0 Å². The zero-order valence-electron chi connectivity index (χ0n) is 33.2. The zero-order valence-corrected chi connectivity index (χ0v) is 33.2. The molecule has 2 nitrogen and oxygen atoms in total. The standard InChI is InChI=1S/C55H48N2/c1-54(2)50-21-13-11-15-40(50)35-41-27-32-46(36-52(41)54)56(42-16-7-5-8-17-42)44-28-23-38(24-29-44)39-25-30-45(31-26-39)57(43-18-9-6-10-19-43)47-33-34-49-48-20-12-14-22-51(48)55(3,4)53(49)37-47/h5-34,36-37,41,52H,35H2,1-4H3. The van der Waals surface area contributed by atoms with Crippen LogP contribution < -0.4 is 9.80 Å². The van der Waals surface area contributed by atoms with E-state index in [0.29, 0.717) is 11.8 Å². The third-order valence-corrected chi connectivity index (χ3v) is 13.0. The predicted octanol–water partition coefficient (Wildman–Crippen LogP) is 14.5. The number of hydrogen-bond acceptors (Lipinski definition) is 2. The molecule has 0 heterocycles. The van der Waals surface area contributed by atoms with Gasteiger partial charge in [0.25, 0.3) is 0 Å². The molecule has 2 unspecified atom stereocenters. The van der Waals surface area contributed by atoms with Crippen molar-refractivity contribution >= 4 is 28.4 Å². The number of anilines is 5. The maximum Gasteiger partial charge on any atom is 0.0465 e. The Morgan fingerprint density at radius 1 is 0.456 bits per heavy atom. The lowest BCUT2D eigenvalue weighted by Crippen LogP contribution is -2.40. The highest BCUT2D eigenvalue weighted by Gasteiger charge is 2.42. The first-order valence-electron chi connectivity index (χ1n) is 20.4. The highest BCUT2D eigenvalue weighted by atomic mass is 15.2. The molecule has 2 heteroatoms. The summed E-state index contributed by atoms with van der Waals surface area (Å²) in [5.74, 6) is 0.901. The van der Waals surface area contributed by atoms with Crippen molar-refractivity contribution in [1.82, 2.24) is 0 Å². The third-order valence-electron chi connectivity index (χ3n) is 13.0. The fourth-order valence-corrected chi connectivity index (χ4v) is 10.0. The zero-order chi connectivity index (χ0) is 38.7. The minimum Gasteiger partial charge on any atom is -0.311 e. The van der Waals surface area contributed by atoms with Gasteiger partial charge in [-0.3, -0.25) is 0 Å². The first-order chi connectivity index (χ1) is 27.8. The summed E-state index contributed by atoms with van der Waals surface area (Å²) in [7, 11) is 0. The second kappa shape index (κ2) is 13.7. The molecule has 7 aromatic carbocycles. The molecule has 10 rings (SSSR count). The molecule has 0 amide bonds. The van der Waals surface area contributed by atoms with E-state index in [4.69, 9.17) is 0 Å². The molecule has 7 aromatic rings. The number of rotatable bonds is 7. The van der Waals surface area contributed by atoms with Crippen molar-refractivity contribution in [2.45, 2.75) is 44.9 Å². The summed E-state index contributed by atoms with van der Waals surface area (Å²) in [5.41, 5.74) is 17.7. The van der Waals surface area contributed by atoms with Crippen molar-refractivity contribution in [3.63, 3.8) is 0 Å². The van der Waals surface area contributed by atoms with Gasteiger partial charge in [-0.1, -0.05) is 155 Å². The van der Waals surface area contributed by atoms with E-state index in [1.54, 1.807) is 0 Å². The van der Waals surface area contributed by atoms with Gasteiger partial charge in [0.2, 0.25) is 0 Å². The van der Waals surface area contributed by atoms with E-state index in [1.165, 1.54) is 50.2 Å². The third kappa shape index (κ3) is 5.94. The van der Waals surface area contributed by atoms with Crippen molar-refractivity contribution in [2.24, 2.45) is 11.8 Å². The maximum atomic E-state index is 2.54. The molecule has 2 atom stereocenters. The average Bonchev–Trinajstić information content (AvgIpc) is 3.48. The molecular formula is C55H48N2. The molecule has 3 aliphatic carbocycles. The van der Waals surface area contributed by atoms with Crippen LogP contribution in [0, 0.1) is 11.8 Å². The maximum absolute atomic E-state index is 2.54. The van der Waals surface area contributed by atoms with Gasteiger partial charge < -0.3 is 9.80 Å². The van der Waals surface area contributed by atoms with Gasteiger partial charge in [0.1, 0.15) is 0 Å². The van der Waals surface area contributed by atoms with Crippen LogP contribution in [0.4, 0.5) is 28.4 Å². The predicted molar refractivity (Wildman–Crippen MR) is 240 cm³/mol. The van der Waals surface area contributed by atoms with Crippen LogP contribution in [-0.2, 0) is 17.3 Å². The van der Waals surface area contributed by atoms with Gasteiger partial charge in [0, 0.05) is 39.5 Å². The molecule has 0 fully saturated rings. The summed E-state index contributed by atoms with van der Waals surface area (Å²) in [5, 5.41) is 0. The Bertz CT molecular complexity index is 2650. The highest BCUT2D eigenvalue weighted by molar-refractivity contribution is 5.86. The Balaban J connectivity index is 0.968. The molecular weight excluding hydrogens is 689 g/mol. The lowest BCUT2D eigenvalue weighted by Gasteiger charge is -2.45. The number of fused-ring (bicyclic) bond motifs is 5. The summed E-state index contributed by atoms with van der Waals surface area (Å²) in [6.07, 6.45) is 8.45. The summed E-state index contributed by atoms with van der Waals surface area (Å²) in [4.78, 5) is 4.80. The first kappa shape index (κ1) is 35.1. The molecule has 0 spiro atoms. The van der Waals surface area contributed by atoms with E-state index in [9.17, 15) is 0 Å². The molecule has 0 aliphatic heterocycles. The number of hydrogen-bond donors (Lipinski definition) is 0. The normalized spacial score (nSPS) is 18.1. The van der Waals surface area contributed by atoms with E-state index in [0.717, 1.165) is 34.9 Å². The fraction of sp³-hybridized carbons (Fsp3) is 0.164. The van der Waals surface area contributed by atoms with Crippen LogP contribution in [0.25, 0.3) is 22.3 Å². The number of para-hydroxylation sites is 2. The van der Waals surface area contributed by atoms with Crippen LogP contribution >= 0.6 is 0 Å². The van der Waals surface area contributed by atoms with Crippen LogP contribution in [0.3, 0.4) is 0 Å². The van der Waals surface area contributed by atoms with Crippen LogP contribution in [-0.4, -0.2) is 0 Å². The molecule has 3 aliphatic rings. The second-order valence-corrected chi connectivity index (χ2v) is 17.1. The van der Waals surface area contributed by atoms with E-state index in [2.05, 4.69) is 232 Å². The first-order valence-corrected chi connectivity index (χ1v) is 20.4. The summed E-state index contributed by atoms with van der Waals surface area (Å²) in [6, 6.07) is 64.6. The Morgan fingerprint density at radius 2 is 0.965 bits per heavy atom. The Morgan fingerprint density at radius 3 is 1.63 bits per heavy atom. The van der Waals surface area contributed by atoms with Gasteiger partial charge >= 0.3 is 0 Å². The Kier molecular flexibility index (Phi) is 8.41. The van der Waals surface area contributed by atoms with Crippen LogP contribution in [0.2, 0.25) is 0 Å². The molecule has 0 radical (unpaired) electrons. The van der Waals surface area contributed by atoms with E-state index < -0.39 is 0 Å². The van der Waals surface area contributed by atoms with Gasteiger partial charge in [0.15, 0.2) is 0 Å². The second-order valence-electron chi connectivity index (χ2n) is 17.1. The minimum absolute atomic E-state index is 0.0347. The summed E-state index contributed by atoms with van der Waals surface area (Å²) in [6.45, 7) is 9.55. The largest absolute Gasteiger partial charge is 0.311 e. The lowest BCUT2D eigenvalue weighted by molar-refractivity contribution is 0.275. The summed E-state index contributed by atoms with van der Waals surface area (Å²) >= 11 is 0. The Hall–Kier alpha value is -6.38. The van der Waals surface area contributed by atoms with Gasteiger partial charge in [-0.25, -0.2) is 0 Å². The topological polar surface area (TPSA) is 6.48 Å². The Labute approximate surface area is 338 Å². The van der Waals surface area contributed by atoms with E-state index >= 15 is 0 Å². The van der Waals surface area contributed by atoms with Crippen molar-refractivity contribution in [3.8, 4) is 22.3 Å². The quantitative estimate of drug-likeness (QED) is 0.161. The van der Waals surface area contributed by atoms with Crippen molar-refractivity contribution in [2.75, 3.05) is 9.80 Å². The average molecular weight is 737 g/mol. The van der Waals surface area contributed by atoms with Gasteiger partial charge in [-0.2, -0.15) is 0 Å². The molecule has 0 N–H and O–H groups in total. The van der Waals surface area contributed by atoms with E-state index in [1.807, 2.05) is 0 Å². The molecule has 0 aromatic heterocycles. The number of nitrogens with zero attached hydrogens (tertiary/aromatic N) is 2. The van der Waals surface area contributed by atoms with Gasteiger partial charge in [-0.15, -0.1) is 0 Å². The van der Waals surface area contributed by atoms with Gasteiger partial charge in [0.05, 0.1) is 0 Å². The van der Waals surface area contributed by atoms with E-state index in [-0.39, 0.29) is 10.8 Å². The fourth-order valence-electron chi connectivity index (χ4n) is 10.0. The molecule has 278 valence electrons. The molecule has 0 saturated heterocycles. The molecule has 57 heavy (non-hydrogen) atoms. The van der Waals surface area contributed by atoms with Crippen LogP contribution in [0.1, 0.15) is 49.9 Å².